The van der Waals surface area contributed by atoms with E-state index < -0.39 is 17.6 Å². The molecule has 0 aliphatic rings. The van der Waals surface area contributed by atoms with E-state index in [9.17, 15) is 18.8 Å². The molecule has 3 N–H and O–H groups in total. The predicted octanol–water partition coefficient (Wildman–Crippen LogP) is 3.95. The van der Waals surface area contributed by atoms with Gasteiger partial charge in [0.15, 0.2) is 18.1 Å². The lowest BCUT2D eigenvalue weighted by Gasteiger charge is -2.14. The molecule has 3 aromatic rings. The number of anilines is 2. The summed E-state index contributed by atoms with van der Waals surface area (Å²) in [5.74, 6) is -2.00. The lowest BCUT2D eigenvalue weighted by Crippen LogP contribution is -2.32. The highest BCUT2D eigenvalue weighted by Gasteiger charge is 2.13. The van der Waals surface area contributed by atoms with E-state index in [1.807, 2.05) is 32.0 Å². The molecule has 0 spiro atoms. The van der Waals surface area contributed by atoms with Crippen LogP contribution in [0, 0.1) is 19.7 Å². The molecule has 0 aromatic heterocycles. The summed E-state index contributed by atoms with van der Waals surface area (Å²) < 4.78 is 24.2. The van der Waals surface area contributed by atoms with Crippen LogP contribution in [-0.4, -0.2) is 37.1 Å². The van der Waals surface area contributed by atoms with E-state index in [0.29, 0.717) is 23.7 Å². The Morgan fingerprint density at radius 2 is 1.68 bits per heavy atom. The highest BCUT2D eigenvalue weighted by Crippen LogP contribution is 2.28. The van der Waals surface area contributed by atoms with E-state index in [1.165, 1.54) is 18.3 Å². The van der Waals surface area contributed by atoms with Crippen LogP contribution in [0.4, 0.5) is 15.8 Å². The standard InChI is InChI=1S/C27H27FN4O5/c1-4-36-24-14-19(15-29-32-27(35)26(34)30-21-11-9-20(28)10-12-21)8-13-23(24)37-16-25(33)31-22-7-5-6-17(2)18(22)3/h5-15H,4,16H2,1-3H3,(H,30,34)(H,31,33)(H,32,35)/b29-15-. The zero-order valence-corrected chi connectivity index (χ0v) is 20.6. The van der Waals surface area contributed by atoms with Crippen molar-refractivity contribution in [2.24, 2.45) is 5.10 Å². The maximum absolute atomic E-state index is 13.0. The number of aryl methyl sites for hydroxylation is 1. The van der Waals surface area contributed by atoms with Crippen molar-refractivity contribution in [3.05, 3.63) is 83.2 Å². The molecule has 9 nitrogen and oxygen atoms in total. The van der Waals surface area contributed by atoms with Gasteiger partial charge in [-0.25, -0.2) is 9.82 Å². The molecule has 0 bridgehead atoms. The fourth-order valence-electron chi connectivity index (χ4n) is 3.15. The number of hydrogen-bond donors (Lipinski definition) is 3. The normalized spacial score (nSPS) is 10.6. The van der Waals surface area contributed by atoms with E-state index in [1.54, 1.807) is 25.1 Å². The van der Waals surface area contributed by atoms with Crippen LogP contribution in [0.1, 0.15) is 23.6 Å². The van der Waals surface area contributed by atoms with Crippen molar-refractivity contribution < 1.29 is 28.2 Å². The second kappa shape index (κ2) is 12.8. The van der Waals surface area contributed by atoms with E-state index in [2.05, 4.69) is 21.2 Å². The van der Waals surface area contributed by atoms with E-state index in [-0.39, 0.29) is 18.2 Å². The molecule has 10 heteroatoms. The molecule has 0 unspecified atom stereocenters. The van der Waals surface area contributed by atoms with Crippen molar-refractivity contribution in [2.45, 2.75) is 20.8 Å². The molecule has 0 radical (unpaired) electrons. The van der Waals surface area contributed by atoms with Crippen molar-refractivity contribution in [1.29, 1.82) is 0 Å². The summed E-state index contributed by atoms with van der Waals surface area (Å²) in [6.07, 6.45) is 1.32. The zero-order chi connectivity index (χ0) is 26.8. The Morgan fingerprint density at radius 1 is 0.919 bits per heavy atom. The Balaban J connectivity index is 1.56. The molecule has 192 valence electrons. The summed E-state index contributed by atoms with van der Waals surface area (Å²) in [6, 6.07) is 15.5. The second-order valence-corrected chi connectivity index (χ2v) is 7.88. The minimum absolute atomic E-state index is 0.222. The minimum atomic E-state index is -1.000. The first-order valence-electron chi connectivity index (χ1n) is 11.4. The first-order chi connectivity index (χ1) is 17.8. The molecule has 0 fully saturated rings. The number of carbonyl (C=O) groups excluding carboxylic acids is 3. The molecule has 3 rings (SSSR count). The Hall–Kier alpha value is -4.73. The largest absolute Gasteiger partial charge is 0.490 e. The van der Waals surface area contributed by atoms with Crippen LogP contribution in [0.2, 0.25) is 0 Å². The van der Waals surface area contributed by atoms with Gasteiger partial charge in [0.2, 0.25) is 0 Å². The Labute approximate surface area is 213 Å². The fraction of sp³-hybridized carbons (Fsp3) is 0.185. The Morgan fingerprint density at radius 3 is 2.41 bits per heavy atom. The van der Waals surface area contributed by atoms with Gasteiger partial charge >= 0.3 is 11.8 Å². The maximum atomic E-state index is 13.0. The number of nitrogens with one attached hydrogen (secondary N) is 3. The van der Waals surface area contributed by atoms with Crippen LogP contribution >= 0.6 is 0 Å². The molecule has 0 atom stereocenters. The van der Waals surface area contributed by atoms with Gasteiger partial charge in [0.1, 0.15) is 5.82 Å². The lowest BCUT2D eigenvalue weighted by atomic mass is 10.1. The molecule has 0 saturated heterocycles. The summed E-state index contributed by atoms with van der Waals surface area (Å²) in [5, 5.41) is 8.95. The van der Waals surface area contributed by atoms with E-state index in [0.717, 1.165) is 28.9 Å². The summed E-state index contributed by atoms with van der Waals surface area (Å²) in [4.78, 5) is 36.3. The predicted molar refractivity (Wildman–Crippen MR) is 138 cm³/mol. The van der Waals surface area contributed by atoms with Crippen LogP contribution in [-0.2, 0) is 14.4 Å². The average Bonchev–Trinajstić information content (AvgIpc) is 2.87. The Bertz CT molecular complexity index is 1310. The first kappa shape index (κ1) is 26.9. The smallest absolute Gasteiger partial charge is 0.329 e. The molecule has 3 aromatic carbocycles. The third-order valence-corrected chi connectivity index (χ3v) is 5.19. The van der Waals surface area contributed by atoms with Crippen LogP contribution in [0.5, 0.6) is 11.5 Å². The number of ether oxygens (including phenoxy) is 2. The minimum Gasteiger partial charge on any atom is -0.490 e. The van der Waals surface area contributed by atoms with Crippen molar-refractivity contribution in [3.63, 3.8) is 0 Å². The summed E-state index contributed by atoms with van der Waals surface area (Å²) in [5.41, 5.74) is 5.71. The van der Waals surface area contributed by atoms with Gasteiger partial charge in [0.25, 0.3) is 5.91 Å². The molecular formula is C27H27FN4O5. The maximum Gasteiger partial charge on any atom is 0.329 e. The van der Waals surface area contributed by atoms with Crippen LogP contribution in [0.3, 0.4) is 0 Å². The second-order valence-electron chi connectivity index (χ2n) is 7.88. The molecule has 3 amide bonds. The number of halogens is 1. The fourth-order valence-corrected chi connectivity index (χ4v) is 3.15. The number of benzene rings is 3. The molecule has 37 heavy (non-hydrogen) atoms. The topological polar surface area (TPSA) is 118 Å². The molecule has 0 aliphatic carbocycles. The lowest BCUT2D eigenvalue weighted by molar-refractivity contribution is -0.136. The SMILES string of the molecule is CCOc1cc(/C=N\NC(=O)C(=O)Nc2ccc(F)cc2)ccc1OCC(=O)Nc1cccc(C)c1C. The quantitative estimate of drug-likeness (QED) is 0.231. The van der Waals surface area contributed by atoms with Gasteiger partial charge in [0, 0.05) is 11.4 Å². The third-order valence-electron chi connectivity index (χ3n) is 5.19. The van der Waals surface area contributed by atoms with Crippen molar-refractivity contribution >= 4 is 35.3 Å². The van der Waals surface area contributed by atoms with Gasteiger partial charge in [-0.15, -0.1) is 0 Å². The number of rotatable bonds is 9. The molecule has 0 saturated carbocycles. The number of carbonyl (C=O) groups is 3. The monoisotopic (exact) mass is 506 g/mol. The molecule has 0 heterocycles. The highest BCUT2D eigenvalue weighted by atomic mass is 19.1. The van der Waals surface area contributed by atoms with Crippen molar-refractivity contribution in [1.82, 2.24) is 5.43 Å². The molecule has 0 aliphatic heterocycles. The van der Waals surface area contributed by atoms with Crippen molar-refractivity contribution in [2.75, 3.05) is 23.8 Å². The van der Waals surface area contributed by atoms with E-state index >= 15 is 0 Å². The van der Waals surface area contributed by atoms with Crippen LogP contribution in [0.15, 0.2) is 65.8 Å². The van der Waals surface area contributed by atoms with Gasteiger partial charge in [-0.3, -0.25) is 14.4 Å². The Kier molecular flexibility index (Phi) is 9.31. The highest BCUT2D eigenvalue weighted by molar-refractivity contribution is 6.39. The number of hydrazone groups is 1. The van der Waals surface area contributed by atoms with Gasteiger partial charge < -0.3 is 20.1 Å². The zero-order valence-electron chi connectivity index (χ0n) is 20.6. The van der Waals surface area contributed by atoms with Crippen LogP contribution < -0.4 is 25.5 Å². The van der Waals surface area contributed by atoms with E-state index in [4.69, 9.17) is 9.47 Å². The first-order valence-corrected chi connectivity index (χ1v) is 11.4. The number of hydrogen-bond acceptors (Lipinski definition) is 6. The summed E-state index contributed by atoms with van der Waals surface area (Å²) in [6.45, 7) is 5.83. The van der Waals surface area contributed by atoms with Crippen LogP contribution in [0.25, 0.3) is 0 Å². The van der Waals surface area contributed by atoms with Gasteiger partial charge in [-0.05, 0) is 86.0 Å². The third kappa shape index (κ3) is 7.89. The van der Waals surface area contributed by atoms with Gasteiger partial charge in [-0.2, -0.15) is 5.10 Å². The summed E-state index contributed by atoms with van der Waals surface area (Å²) in [7, 11) is 0. The van der Waals surface area contributed by atoms with Gasteiger partial charge in [0.05, 0.1) is 12.8 Å². The number of nitrogens with zero attached hydrogens (tertiary/aromatic N) is 1. The van der Waals surface area contributed by atoms with Gasteiger partial charge in [-0.1, -0.05) is 12.1 Å². The number of amides is 3. The average molecular weight is 507 g/mol. The molecular weight excluding hydrogens is 479 g/mol. The van der Waals surface area contributed by atoms with Crippen molar-refractivity contribution in [3.8, 4) is 11.5 Å². The summed E-state index contributed by atoms with van der Waals surface area (Å²) >= 11 is 0.